The zero-order valence-corrected chi connectivity index (χ0v) is 16.6. The van der Waals surface area contributed by atoms with Crippen LogP contribution in [0.15, 0.2) is 65.7 Å². The Morgan fingerprint density at radius 1 is 0.968 bits per heavy atom. The first-order chi connectivity index (χ1) is 14.8. The average molecular weight is 413 g/mol. The average Bonchev–Trinajstić information content (AvgIpc) is 3.08. The van der Waals surface area contributed by atoms with Gasteiger partial charge in [-0.3, -0.25) is 14.6 Å². The summed E-state index contributed by atoms with van der Waals surface area (Å²) in [5.74, 6) is -0.827. The zero-order chi connectivity index (χ0) is 22.1. The van der Waals surface area contributed by atoms with Crippen molar-refractivity contribution in [3.63, 3.8) is 0 Å². The highest BCUT2D eigenvalue weighted by Gasteiger charge is 2.15. The minimum atomic E-state index is -0.606. The van der Waals surface area contributed by atoms with Crippen LogP contribution in [0.2, 0.25) is 0 Å². The van der Waals surface area contributed by atoms with E-state index in [4.69, 9.17) is 5.73 Å². The number of hydrogen-bond acceptors (Lipinski definition) is 5. The molecule has 4 rings (SSSR count). The minimum absolute atomic E-state index is 0.0876. The maximum atomic E-state index is 12.8. The normalized spacial score (nSPS) is 11.3. The van der Waals surface area contributed by atoms with Crippen LogP contribution in [0.25, 0.3) is 10.9 Å². The second-order valence-corrected chi connectivity index (χ2v) is 7.15. The molecule has 7 heteroatoms. The number of aryl methyl sites for hydroxylation is 1. The molecule has 0 fully saturated rings. The molecule has 0 aliphatic rings. The Morgan fingerprint density at radius 3 is 2.45 bits per heavy atom. The second-order valence-electron chi connectivity index (χ2n) is 7.15. The van der Waals surface area contributed by atoms with Gasteiger partial charge in [0.25, 0.3) is 0 Å². The van der Waals surface area contributed by atoms with Crippen molar-refractivity contribution in [3.8, 4) is 11.6 Å². The number of aromatic hydroxyl groups is 2. The summed E-state index contributed by atoms with van der Waals surface area (Å²) in [4.78, 5) is 31.4. The zero-order valence-electron chi connectivity index (χ0n) is 16.6. The number of nitrogens with one attached hydrogen (secondary N) is 1. The van der Waals surface area contributed by atoms with E-state index in [9.17, 15) is 19.8 Å². The fraction of sp³-hybridized carbons (Fsp3) is 0.0417. The SMILES string of the molecule is Cc1ccc(N=Cc2c(O)[nH]c3cc(C(=O)c4cccc(C(N)=O)c4)ccc23)cc1O. The van der Waals surface area contributed by atoms with Gasteiger partial charge in [-0.2, -0.15) is 0 Å². The number of carbonyl (C=O) groups is 2. The second kappa shape index (κ2) is 7.79. The highest BCUT2D eigenvalue weighted by atomic mass is 16.3. The number of phenols is 1. The molecule has 0 spiro atoms. The summed E-state index contributed by atoms with van der Waals surface area (Å²) in [7, 11) is 0. The molecule has 5 N–H and O–H groups in total. The molecule has 1 aromatic heterocycles. The largest absolute Gasteiger partial charge is 0.508 e. The van der Waals surface area contributed by atoms with E-state index in [1.807, 2.05) is 0 Å². The predicted octanol–water partition coefficient (Wildman–Crippen LogP) is 3.97. The molecule has 1 heterocycles. The molecule has 0 unspecified atom stereocenters. The lowest BCUT2D eigenvalue weighted by Crippen LogP contribution is -2.12. The molecule has 0 aliphatic carbocycles. The lowest BCUT2D eigenvalue weighted by Gasteiger charge is -2.03. The number of nitrogens with zero attached hydrogens (tertiary/aromatic N) is 1. The number of aromatic nitrogens is 1. The molecule has 4 aromatic rings. The molecule has 0 radical (unpaired) electrons. The first-order valence-corrected chi connectivity index (χ1v) is 9.46. The van der Waals surface area contributed by atoms with E-state index < -0.39 is 5.91 Å². The third-order valence-electron chi connectivity index (χ3n) is 5.02. The van der Waals surface area contributed by atoms with Crippen LogP contribution in [0, 0.1) is 6.92 Å². The van der Waals surface area contributed by atoms with Crippen LogP contribution in [-0.2, 0) is 0 Å². The van der Waals surface area contributed by atoms with Crippen molar-refractivity contribution in [2.24, 2.45) is 10.7 Å². The van der Waals surface area contributed by atoms with Gasteiger partial charge in [0, 0.05) is 39.9 Å². The smallest absolute Gasteiger partial charge is 0.248 e. The number of carbonyl (C=O) groups excluding carboxylic acids is 2. The van der Waals surface area contributed by atoms with E-state index in [0.717, 1.165) is 5.56 Å². The van der Waals surface area contributed by atoms with Gasteiger partial charge in [-0.1, -0.05) is 30.3 Å². The molecule has 31 heavy (non-hydrogen) atoms. The highest BCUT2D eigenvalue weighted by Crippen LogP contribution is 2.29. The van der Waals surface area contributed by atoms with Gasteiger partial charge >= 0.3 is 0 Å². The monoisotopic (exact) mass is 413 g/mol. The van der Waals surface area contributed by atoms with Crippen molar-refractivity contribution in [2.45, 2.75) is 6.92 Å². The molecule has 3 aromatic carbocycles. The van der Waals surface area contributed by atoms with Gasteiger partial charge in [0.05, 0.1) is 11.3 Å². The van der Waals surface area contributed by atoms with E-state index in [1.165, 1.54) is 18.3 Å². The number of ketones is 1. The van der Waals surface area contributed by atoms with Crippen molar-refractivity contribution in [1.82, 2.24) is 4.98 Å². The fourth-order valence-electron chi connectivity index (χ4n) is 3.27. The summed E-state index contributed by atoms with van der Waals surface area (Å²) in [6.07, 6.45) is 1.50. The van der Waals surface area contributed by atoms with E-state index in [0.29, 0.717) is 33.3 Å². The molecular formula is C24H19N3O4. The van der Waals surface area contributed by atoms with Crippen molar-refractivity contribution in [1.29, 1.82) is 0 Å². The van der Waals surface area contributed by atoms with Crippen LogP contribution in [-0.4, -0.2) is 33.1 Å². The van der Waals surface area contributed by atoms with Crippen molar-refractivity contribution < 1.29 is 19.8 Å². The van der Waals surface area contributed by atoms with Gasteiger partial charge in [-0.25, -0.2) is 0 Å². The van der Waals surface area contributed by atoms with Crippen LogP contribution >= 0.6 is 0 Å². The minimum Gasteiger partial charge on any atom is -0.508 e. The lowest BCUT2D eigenvalue weighted by molar-refractivity contribution is 0.1000. The van der Waals surface area contributed by atoms with Crippen LogP contribution in [0.1, 0.15) is 37.4 Å². The number of aliphatic imine (C=N–C) groups is 1. The van der Waals surface area contributed by atoms with E-state index in [1.54, 1.807) is 55.5 Å². The first kappa shape index (κ1) is 19.9. The summed E-state index contributed by atoms with van der Waals surface area (Å²) in [5.41, 5.74) is 8.58. The standard InChI is InChI=1S/C24H19N3O4/c1-13-5-7-17(11-21(13)28)26-12-19-18-8-6-15(10-20(18)27-24(19)31)22(29)14-3-2-4-16(9-14)23(25)30/h2-12,27-28,31H,1H3,(H2,25,30). The Labute approximate surface area is 177 Å². The molecule has 7 nitrogen and oxygen atoms in total. The number of phenolic OH excluding ortho intramolecular Hbond substituents is 1. The number of benzene rings is 3. The molecule has 154 valence electrons. The van der Waals surface area contributed by atoms with Gasteiger partial charge in [0.2, 0.25) is 5.91 Å². The molecule has 0 aliphatic heterocycles. The van der Waals surface area contributed by atoms with Crippen LogP contribution in [0.4, 0.5) is 5.69 Å². The van der Waals surface area contributed by atoms with Crippen molar-refractivity contribution in [2.75, 3.05) is 0 Å². The molecular weight excluding hydrogens is 394 g/mol. The van der Waals surface area contributed by atoms with E-state index >= 15 is 0 Å². The van der Waals surface area contributed by atoms with Gasteiger partial charge in [-0.05, 0) is 36.8 Å². The molecule has 1 amide bonds. The first-order valence-electron chi connectivity index (χ1n) is 9.46. The number of aromatic amines is 1. The Hall–Kier alpha value is -4.39. The summed E-state index contributed by atoms with van der Waals surface area (Å²) < 4.78 is 0. The number of nitrogens with two attached hydrogens (primary N) is 1. The predicted molar refractivity (Wildman–Crippen MR) is 118 cm³/mol. The van der Waals surface area contributed by atoms with Crippen molar-refractivity contribution in [3.05, 3.63) is 88.5 Å². The molecule has 0 bridgehead atoms. The lowest BCUT2D eigenvalue weighted by atomic mass is 10.00. The van der Waals surface area contributed by atoms with E-state index in [-0.39, 0.29) is 23.0 Å². The summed E-state index contributed by atoms with van der Waals surface area (Å²) in [6, 6.07) is 16.2. The molecule has 0 saturated carbocycles. The van der Waals surface area contributed by atoms with Crippen LogP contribution in [0.3, 0.4) is 0 Å². The highest BCUT2D eigenvalue weighted by molar-refractivity contribution is 6.12. The maximum Gasteiger partial charge on any atom is 0.248 e. The third-order valence-corrected chi connectivity index (χ3v) is 5.02. The number of hydrogen-bond donors (Lipinski definition) is 4. The molecule has 0 saturated heterocycles. The Kier molecular flexibility index (Phi) is 5.00. The number of fused-ring (bicyclic) bond motifs is 1. The van der Waals surface area contributed by atoms with Gasteiger partial charge in [0.1, 0.15) is 5.75 Å². The van der Waals surface area contributed by atoms with Crippen LogP contribution < -0.4 is 5.73 Å². The summed E-state index contributed by atoms with van der Waals surface area (Å²) >= 11 is 0. The van der Waals surface area contributed by atoms with Gasteiger partial charge in [-0.15, -0.1) is 0 Å². The quantitative estimate of drug-likeness (QED) is 0.291. The Bertz CT molecular complexity index is 1370. The number of primary amides is 1. The fourth-order valence-corrected chi connectivity index (χ4v) is 3.27. The topological polar surface area (TPSA) is 129 Å². The maximum absolute atomic E-state index is 12.8. The summed E-state index contributed by atoms with van der Waals surface area (Å²) in [6.45, 7) is 1.79. The van der Waals surface area contributed by atoms with Gasteiger partial charge < -0.3 is 20.9 Å². The number of rotatable bonds is 5. The number of H-pyrrole nitrogens is 1. The van der Waals surface area contributed by atoms with Crippen LogP contribution in [0.5, 0.6) is 11.6 Å². The number of amides is 1. The van der Waals surface area contributed by atoms with E-state index in [2.05, 4.69) is 9.98 Å². The summed E-state index contributed by atoms with van der Waals surface area (Å²) in [5, 5.41) is 20.8. The third kappa shape index (κ3) is 3.89. The Balaban J connectivity index is 1.67. The van der Waals surface area contributed by atoms with Crippen molar-refractivity contribution >= 4 is 34.5 Å². The molecule has 0 atom stereocenters. The van der Waals surface area contributed by atoms with Gasteiger partial charge in [0.15, 0.2) is 11.7 Å². The Morgan fingerprint density at radius 2 is 1.71 bits per heavy atom.